The third-order valence-corrected chi connectivity index (χ3v) is 6.38. The van der Waals surface area contributed by atoms with Crippen molar-refractivity contribution in [3.63, 3.8) is 0 Å². The van der Waals surface area contributed by atoms with E-state index >= 15 is 0 Å². The van der Waals surface area contributed by atoms with Crippen LogP contribution in [-0.2, 0) is 16.1 Å². The van der Waals surface area contributed by atoms with Gasteiger partial charge in [-0.3, -0.25) is 14.5 Å². The van der Waals surface area contributed by atoms with E-state index in [0.29, 0.717) is 6.54 Å². The molecule has 1 aromatic rings. The van der Waals surface area contributed by atoms with Gasteiger partial charge in [-0.1, -0.05) is 19.3 Å². The lowest BCUT2D eigenvalue weighted by Crippen LogP contribution is -2.55. The second-order valence-electron chi connectivity index (χ2n) is 6.79. The van der Waals surface area contributed by atoms with Gasteiger partial charge >= 0.3 is 0 Å². The summed E-state index contributed by atoms with van der Waals surface area (Å²) in [6, 6.07) is 4.12. The van der Waals surface area contributed by atoms with Crippen molar-refractivity contribution in [3.05, 3.63) is 21.9 Å². The first-order valence-corrected chi connectivity index (χ1v) is 9.80. The fourth-order valence-electron chi connectivity index (χ4n) is 3.74. The Balaban J connectivity index is 1.65. The Labute approximate surface area is 147 Å². The molecule has 2 aliphatic rings. The van der Waals surface area contributed by atoms with Crippen LogP contribution in [0.3, 0.4) is 0 Å². The number of carbonyl (C=O) groups is 2. The molecule has 0 aromatic carbocycles. The molecule has 1 aliphatic heterocycles. The highest BCUT2D eigenvalue weighted by atomic mass is 32.1. The molecule has 0 unspecified atom stereocenters. The summed E-state index contributed by atoms with van der Waals surface area (Å²) in [5.41, 5.74) is 0. The lowest BCUT2D eigenvalue weighted by Gasteiger charge is -2.34. The van der Waals surface area contributed by atoms with Crippen LogP contribution in [0.25, 0.3) is 0 Å². The van der Waals surface area contributed by atoms with Gasteiger partial charge in [0.2, 0.25) is 11.8 Å². The van der Waals surface area contributed by atoms with Gasteiger partial charge in [0.05, 0.1) is 12.5 Å². The molecule has 2 amide bonds. The van der Waals surface area contributed by atoms with E-state index in [2.05, 4.69) is 27.7 Å². The molecule has 132 valence electrons. The summed E-state index contributed by atoms with van der Waals surface area (Å²) in [6.45, 7) is 2.21. The summed E-state index contributed by atoms with van der Waals surface area (Å²) in [5.74, 6) is 0.605. The predicted molar refractivity (Wildman–Crippen MR) is 96.0 cm³/mol. The fraction of sp³-hybridized carbons (Fsp3) is 0.667. The molecular formula is C18H27N3O2S. The number of amides is 2. The van der Waals surface area contributed by atoms with Crippen molar-refractivity contribution < 1.29 is 9.59 Å². The normalized spacial score (nSPS) is 23.0. The van der Waals surface area contributed by atoms with Gasteiger partial charge in [-0.2, -0.15) is 0 Å². The van der Waals surface area contributed by atoms with Crippen molar-refractivity contribution >= 4 is 23.2 Å². The number of thiophene rings is 1. The summed E-state index contributed by atoms with van der Waals surface area (Å²) in [4.78, 5) is 28.8. The highest BCUT2D eigenvalue weighted by Crippen LogP contribution is 2.36. The number of nitrogens with zero attached hydrogens (tertiary/aromatic N) is 1. The lowest BCUT2D eigenvalue weighted by molar-refractivity contribution is -0.134. The van der Waals surface area contributed by atoms with Crippen molar-refractivity contribution in [2.24, 2.45) is 0 Å². The smallest absolute Gasteiger partial charge is 0.237 e. The molecule has 24 heavy (non-hydrogen) atoms. The molecular weight excluding hydrogens is 322 g/mol. The van der Waals surface area contributed by atoms with Crippen LogP contribution in [0.1, 0.15) is 54.2 Å². The van der Waals surface area contributed by atoms with Crippen LogP contribution < -0.4 is 10.6 Å². The Morgan fingerprint density at radius 3 is 2.88 bits per heavy atom. The molecule has 3 rings (SSSR count). The first-order valence-electron chi connectivity index (χ1n) is 8.98. The standard InChI is InChI=1S/C18H27N3O2S/c1-19-17(22)11-15-18(23)20-9-10-21(15)12-14-7-8-16(24-14)13-5-3-2-4-6-13/h7-8,13,15H,2-6,9-12H2,1H3,(H,19,22)(H,20,23)/t15-/m1/s1. The third-order valence-electron chi connectivity index (χ3n) is 5.15. The number of hydrogen-bond donors (Lipinski definition) is 2. The fourth-order valence-corrected chi connectivity index (χ4v) is 4.94. The average Bonchev–Trinajstić information content (AvgIpc) is 3.07. The zero-order valence-electron chi connectivity index (χ0n) is 14.3. The first kappa shape index (κ1) is 17.4. The van der Waals surface area contributed by atoms with Crippen molar-refractivity contribution in [2.75, 3.05) is 20.1 Å². The van der Waals surface area contributed by atoms with E-state index in [0.717, 1.165) is 19.0 Å². The van der Waals surface area contributed by atoms with Gasteiger partial charge in [-0.25, -0.2) is 0 Å². The van der Waals surface area contributed by atoms with Crippen LogP contribution in [0.15, 0.2) is 12.1 Å². The van der Waals surface area contributed by atoms with Crippen LogP contribution in [0.2, 0.25) is 0 Å². The second kappa shape index (κ2) is 8.12. The Hall–Kier alpha value is -1.40. The first-order chi connectivity index (χ1) is 11.7. The molecule has 0 spiro atoms. The van der Waals surface area contributed by atoms with Crippen molar-refractivity contribution in [1.29, 1.82) is 0 Å². The molecule has 1 aromatic heterocycles. The van der Waals surface area contributed by atoms with Crippen molar-refractivity contribution in [3.8, 4) is 0 Å². The highest BCUT2D eigenvalue weighted by molar-refractivity contribution is 7.12. The maximum absolute atomic E-state index is 12.2. The number of piperazine rings is 1. The topological polar surface area (TPSA) is 61.4 Å². The molecule has 0 bridgehead atoms. The van der Waals surface area contributed by atoms with Crippen LogP contribution in [0.5, 0.6) is 0 Å². The maximum atomic E-state index is 12.2. The number of carbonyl (C=O) groups excluding carboxylic acids is 2. The Kier molecular flexibility index (Phi) is 5.89. The number of rotatable bonds is 5. The molecule has 0 radical (unpaired) electrons. The number of hydrogen-bond acceptors (Lipinski definition) is 4. The quantitative estimate of drug-likeness (QED) is 0.857. The highest BCUT2D eigenvalue weighted by Gasteiger charge is 2.31. The van der Waals surface area contributed by atoms with Gasteiger partial charge < -0.3 is 10.6 Å². The molecule has 1 saturated carbocycles. The van der Waals surface area contributed by atoms with Crippen molar-refractivity contribution in [1.82, 2.24) is 15.5 Å². The molecule has 2 N–H and O–H groups in total. The SMILES string of the molecule is CNC(=O)C[C@@H]1C(=O)NCCN1Cc1ccc(C2CCCCC2)s1. The van der Waals surface area contributed by atoms with Crippen LogP contribution in [0.4, 0.5) is 0 Å². The van der Waals surface area contributed by atoms with E-state index in [1.165, 1.54) is 41.9 Å². The van der Waals surface area contributed by atoms with Crippen LogP contribution >= 0.6 is 11.3 Å². The molecule has 6 heteroatoms. The molecule has 5 nitrogen and oxygen atoms in total. The summed E-state index contributed by atoms with van der Waals surface area (Å²) < 4.78 is 0. The summed E-state index contributed by atoms with van der Waals surface area (Å²) >= 11 is 1.89. The Morgan fingerprint density at radius 1 is 1.33 bits per heavy atom. The predicted octanol–water partition coefficient (Wildman–Crippen LogP) is 2.23. The van der Waals surface area contributed by atoms with Crippen LogP contribution in [0, 0.1) is 0 Å². The lowest BCUT2D eigenvalue weighted by atomic mass is 9.88. The van der Waals surface area contributed by atoms with Gasteiger partial charge in [0.1, 0.15) is 0 Å². The van der Waals surface area contributed by atoms with Gasteiger partial charge in [-0.05, 0) is 30.9 Å². The molecule has 1 aliphatic carbocycles. The van der Waals surface area contributed by atoms with Gasteiger partial charge in [-0.15, -0.1) is 11.3 Å². The number of nitrogens with one attached hydrogen (secondary N) is 2. The molecule has 2 heterocycles. The van der Waals surface area contributed by atoms with E-state index in [1.54, 1.807) is 7.05 Å². The van der Waals surface area contributed by atoms with Gasteiger partial charge in [0.25, 0.3) is 0 Å². The van der Waals surface area contributed by atoms with Gasteiger partial charge in [0, 0.05) is 36.4 Å². The average molecular weight is 350 g/mol. The largest absolute Gasteiger partial charge is 0.359 e. The Bertz CT molecular complexity index is 581. The minimum Gasteiger partial charge on any atom is -0.359 e. The van der Waals surface area contributed by atoms with E-state index in [-0.39, 0.29) is 24.3 Å². The minimum atomic E-state index is -0.362. The Morgan fingerprint density at radius 2 is 2.12 bits per heavy atom. The minimum absolute atomic E-state index is 0.0334. The molecule has 1 atom stereocenters. The maximum Gasteiger partial charge on any atom is 0.237 e. The zero-order valence-corrected chi connectivity index (χ0v) is 15.2. The zero-order chi connectivity index (χ0) is 16.9. The second-order valence-corrected chi connectivity index (χ2v) is 7.99. The van der Waals surface area contributed by atoms with E-state index in [1.807, 2.05) is 11.3 Å². The summed E-state index contributed by atoms with van der Waals surface area (Å²) in [6.07, 6.45) is 6.91. The third kappa shape index (κ3) is 4.16. The van der Waals surface area contributed by atoms with E-state index in [9.17, 15) is 9.59 Å². The van der Waals surface area contributed by atoms with E-state index in [4.69, 9.17) is 0 Å². The van der Waals surface area contributed by atoms with Crippen molar-refractivity contribution in [2.45, 2.75) is 57.0 Å². The monoisotopic (exact) mass is 349 g/mol. The molecule has 1 saturated heterocycles. The summed E-state index contributed by atoms with van der Waals surface area (Å²) in [5, 5.41) is 5.50. The van der Waals surface area contributed by atoms with E-state index < -0.39 is 0 Å². The molecule has 2 fully saturated rings. The van der Waals surface area contributed by atoms with Crippen LogP contribution in [-0.4, -0.2) is 42.9 Å². The summed E-state index contributed by atoms with van der Waals surface area (Å²) in [7, 11) is 1.61. The van der Waals surface area contributed by atoms with Gasteiger partial charge in [0.15, 0.2) is 0 Å².